The SMILES string of the molecule is CCOc1c(F)cccc1C(=O)N1CCC[C@](O)(c2cn[nH]n2)C1. The van der Waals surface area contributed by atoms with Crippen molar-refractivity contribution in [3.8, 4) is 5.75 Å². The molecule has 24 heavy (non-hydrogen) atoms. The summed E-state index contributed by atoms with van der Waals surface area (Å²) in [6, 6.07) is 4.25. The first kappa shape index (κ1) is 16.4. The van der Waals surface area contributed by atoms with Gasteiger partial charge < -0.3 is 14.7 Å². The Morgan fingerprint density at radius 1 is 1.54 bits per heavy atom. The third-order valence-electron chi connectivity index (χ3n) is 4.14. The third-order valence-corrected chi connectivity index (χ3v) is 4.14. The van der Waals surface area contributed by atoms with E-state index in [0.29, 0.717) is 25.1 Å². The Bertz CT molecular complexity index is 722. The monoisotopic (exact) mass is 334 g/mol. The molecule has 1 atom stereocenters. The molecule has 7 nitrogen and oxygen atoms in total. The first-order valence-corrected chi connectivity index (χ1v) is 7.84. The number of hydrogen-bond acceptors (Lipinski definition) is 5. The highest BCUT2D eigenvalue weighted by atomic mass is 19.1. The zero-order valence-corrected chi connectivity index (χ0v) is 13.3. The molecule has 0 aliphatic carbocycles. The minimum Gasteiger partial charge on any atom is -0.490 e. The number of H-pyrrole nitrogens is 1. The summed E-state index contributed by atoms with van der Waals surface area (Å²) in [5, 5.41) is 20.9. The van der Waals surface area contributed by atoms with E-state index in [9.17, 15) is 14.3 Å². The number of hydrogen-bond donors (Lipinski definition) is 2. The number of carbonyl (C=O) groups excluding carboxylic acids is 1. The molecule has 2 heterocycles. The van der Waals surface area contributed by atoms with Gasteiger partial charge in [-0.2, -0.15) is 15.4 Å². The summed E-state index contributed by atoms with van der Waals surface area (Å²) >= 11 is 0. The number of likely N-dealkylation sites (tertiary alicyclic amines) is 1. The number of β-amino-alcohol motifs (C(OH)–C–C–N with tert-alkyl or cyclic N) is 1. The molecule has 0 unspecified atom stereocenters. The predicted octanol–water partition coefficient (Wildman–Crippen LogP) is 1.47. The van der Waals surface area contributed by atoms with E-state index in [1.165, 1.54) is 29.3 Å². The standard InChI is InChI=1S/C16H19FN4O3/c1-2-24-14-11(5-3-6-12(14)17)15(22)21-8-4-7-16(23,10-21)13-9-18-20-19-13/h3,5-6,9,23H,2,4,7-8,10H2,1H3,(H,18,19,20)/t16-/m1/s1. The number of halogens is 1. The van der Waals surface area contributed by atoms with Crippen LogP contribution in [0.1, 0.15) is 35.8 Å². The van der Waals surface area contributed by atoms with Crippen LogP contribution >= 0.6 is 0 Å². The minimum absolute atomic E-state index is 0.0550. The van der Waals surface area contributed by atoms with Crippen molar-refractivity contribution in [2.75, 3.05) is 19.7 Å². The van der Waals surface area contributed by atoms with Crippen molar-refractivity contribution in [2.45, 2.75) is 25.4 Å². The van der Waals surface area contributed by atoms with Crippen LogP contribution in [-0.4, -0.2) is 51.0 Å². The van der Waals surface area contributed by atoms with Gasteiger partial charge in [0, 0.05) is 6.54 Å². The summed E-state index contributed by atoms with van der Waals surface area (Å²) in [4.78, 5) is 14.3. The number of aliphatic hydroxyl groups is 1. The highest BCUT2D eigenvalue weighted by molar-refractivity contribution is 5.97. The number of piperidine rings is 1. The lowest BCUT2D eigenvalue weighted by Gasteiger charge is -2.38. The molecule has 1 saturated heterocycles. The number of benzene rings is 1. The maximum absolute atomic E-state index is 14.0. The van der Waals surface area contributed by atoms with Crippen LogP contribution in [0, 0.1) is 5.82 Å². The molecule has 0 spiro atoms. The summed E-state index contributed by atoms with van der Waals surface area (Å²) in [6.45, 7) is 2.52. The van der Waals surface area contributed by atoms with Crippen molar-refractivity contribution in [3.63, 3.8) is 0 Å². The second kappa shape index (κ2) is 6.56. The molecule has 1 aliphatic rings. The fraction of sp³-hybridized carbons (Fsp3) is 0.438. The molecule has 8 heteroatoms. The number of nitrogens with zero attached hydrogens (tertiary/aromatic N) is 3. The average molecular weight is 334 g/mol. The van der Waals surface area contributed by atoms with Gasteiger partial charge >= 0.3 is 0 Å². The quantitative estimate of drug-likeness (QED) is 0.883. The summed E-state index contributed by atoms with van der Waals surface area (Å²) in [6.07, 6.45) is 2.53. The number of aromatic amines is 1. The number of para-hydroxylation sites is 1. The van der Waals surface area contributed by atoms with Crippen LogP contribution in [0.3, 0.4) is 0 Å². The molecule has 1 amide bonds. The van der Waals surface area contributed by atoms with Crippen molar-refractivity contribution < 1.29 is 19.0 Å². The molecule has 2 N–H and O–H groups in total. The molecule has 0 bridgehead atoms. The Morgan fingerprint density at radius 3 is 3.08 bits per heavy atom. The minimum atomic E-state index is -1.26. The van der Waals surface area contributed by atoms with Crippen LogP contribution < -0.4 is 4.74 Å². The van der Waals surface area contributed by atoms with Gasteiger partial charge in [0.1, 0.15) is 11.3 Å². The van der Waals surface area contributed by atoms with Gasteiger partial charge in [0.2, 0.25) is 0 Å². The van der Waals surface area contributed by atoms with Gasteiger partial charge in [-0.3, -0.25) is 4.79 Å². The number of ether oxygens (including phenoxy) is 1. The van der Waals surface area contributed by atoms with Crippen molar-refractivity contribution in [1.82, 2.24) is 20.3 Å². The Kier molecular flexibility index (Phi) is 4.48. The van der Waals surface area contributed by atoms with Crippen LogP contribution in [0.4, 0.5) is 4.39 Å². The van der Waals surface area contributed by atoms with E-state index >= 15 is 0 Å². The molecule has 0 saturated carbocycles. The Hall–Kier alpha value is -2.48. The van der Waals surface area contributed by atoms with Gasteiger partial charge in [-0.05, 0) is 31.9 Å². The highest BCUT2D eigenvalue weighted by Gasteiger charge is 2.39. The van der Waals surface area contributed by atoms with Gasteiger partial charge in [-0.1, -0.05) is 6.07 Å². The summed E-state index contributed by atoms with van der Waals surface area (Å²) in [5.41, 5.74) is -0.717. The van der Waals surface area contributed by atoms with Crippen molar-refractivity contribution in [1.29, 1.82) is 0 Å². The molecule has 3 rings (SSSR count). The zero-order chi connectivity index (χ0) is 17.2. The summed E-state index contributed by atoms with van der Waals surface area (Å²) in [5.74, 6) is -1.01. The van der Waals surface area contributed by atoms with Gasteiger partial charge in [0.15, 0.2) is 11.6 Å². The zero-order valence-electron chi connectivity index (χ0n) is 13.3. The molecule has 1 aliphatic heterocycles. The Labute approximate surface area is 138 Å². The highest BCUT2D eigenvalue weighted by Crippen LogP contribution is 2.32. The number of amides is 1. The van der Waals surface area contributed by atoms with E-state index in [-0.39, 0.29) is 30.4 Å². The molecular formula is C16H19FN4O3. The van der Waals surface area contributed by atoms with Gasteiger partial charge in [-0.15, -0.1) is 0 Å². The maximum Gasteiger partial charge on any atom is 0.257 e. The second-order valence-electron chi connectivity index (χ2n) is 5.77. The molecule has 2 aromatic rings. The van der Waals surface area contributed by atoms with Crippen molar-refractivity contribution in [3.05, 3.63) is 41.5 Å². The molecule has 128 valence electrons. The second-order valence-corrected chi connectivity index (χ2v) is 5.77. The molecule has 1 aromatic heterocycles. The normalized spacial score (nSPS) is 20.9. The smallest absolute Gasteiger partial charge is 0.257 e. The largest absolute Gasteiger partial charge is 0.490 e. The van der Waals surface area contributed by atoms with E-state index in [1.54, 1.807) is 6.92 Å². The maximum atomic E-state index is 14.0. The number of carbonyl (C=O) groups is 1. The van der Waals surface area contributed by atoms with E-state index in [1.807, 2.05) is 0 Å². The van der Waals surface area contributed by atoms with Gasteiger partial charge in [0.05, 0.1) is 24.9 Å². The number of rotatable bonds is 4. The van der Waals surface area contributed by atoms with Crippen molar-refractivity contribution >= 4 is 5.91 Å². The van der Waals surface area contributed by atoms with E-state index in [0.717, 1.165) is 0 Å². The van der Waals surface area contributed by atoms with Crippen LogP contribution in [-0.2, 0) is 5.60 Å². The van der Waals surface area contributed by atoms with Crippen LogP contribution in [0.5, 0.6) is 5.75 Å². The number of aromatic nitrogens is 3. The first-order chi connectivity index (χ1) is 11.5. The van der Waals surface area contributed by atoms with Crippen LogP contribution in [0.15, 0.2) is 24.4 Å². The van der Waals surface area contributed by atoms with Crippen LogP contribution in [0.25, 0.3) is 0 Å². The predicted molar refractivity (Wildman–Crippen MR) is 83.0 cm³/mol. The summed E-state index contributed by atoms with van der Waals surface area (Å²) < 4.78 is 19.3. The lowest BCUT2D eigenvalue weighted by molar-refractivity contribution is -0.0321. The van der Waals surface area contributed by atoms with Gasteiger partial charge in [-0.25, -0.2) is 4.39 Å². The molecule has 0 radical (unpaired) electrons. The van der Waals surface area contributed by atoms with E-state index in [4.69, 9.17) is 4.74 Å². The lowest BCUT2D eigenvalue weighted by atomic mass is 9.89. The third kappa shape index (κ3) is 2.96. The average Bonchev–Trinajstić information content (AvgIpc) is 3.12. The molecule has 1 aromatic carbocycles. The van der Waals surface area contributed by atoms with Gasteiger partial charge in [0.25, 0.3) is 5.91 Å². The van der Waals surface area contributed by atoms with E-state index < -0.39 is 11.4 Å². The topological polar surface area (TPSA) is 91.3 Å². The van der Waals surface area contributed by atoms with Crippen LogP contribution in [0.2, 0.25) is 0 Å². The Balaban J connectivity index is 1.87. The summed E-state index contributed by atoms with van der Waals surface area (Å²) in [7, 11) is 0. The molecule has 1 fully saturated rings. The first-order valence-electron chi connectivity index (χ1n) is 7.84. The number of nitrogens with one attached hydrogen (secondary N) is 1. The van der Waals surface area contributed by atoms with Crippen molar-refractivity contribution in [2.24, 2.45) is 0 Å². The van der Waals surface area contributed by atoms with E-state index in [2.05, 4.69) is 15.4 Å². The lowest BCUT2D eigenvalue weighted by Crippen LogP contribution is -2.48. The Morgan fingerprint density at radius 2 is 2.38 bits per heavy atom. The fourth-order valence-electron chi connectivity index (χ4n) is 2.98. The fourth-order valence-corrected chi connectivity index (χ4v) is 2.98. The molecular weight excluding hydrogens is 315 g/mol.